The van der Waals surface area contributed by atoms with Crippen molar-refractivity contribution in [1.29, 1.82) is 0 Å². The molecule has 1 aliphatic rings. The molecule has 1 aliphatic heterocycles. The van der Waals surface area contributed by atoms with Crippen LogP contribution in [-0.2, 0) is 4.79 Å². The Bertz CT molecular complexity index is 627. The number of hydrogen-bond donors (Lipinski definition) is 4. The average molecular weight is 289 g/mol. The summed E-state index contributed by atoms with van der Waals surface area (Å²) in [7, 11) is 0. The fourth-order valence-electron chi connectivity index (χ4n) is 2.05. The minimum Gasteiger partial charge on any atom is -0.354 e. The fourth-order valence-corrected chi connectivity index (χ4v) is 2.05. The highest BCUT2D eigenvalue weighted by molar-refractivity contribution is 5.84. The first-order valence-corrected chi connectivity index (χ1v) is 6.53. The van der Waals surface area contributed by atoms with Gasteiger partial charge in [-0.15, -0.1) is 0 Å². The highest BCUT2D eigenvalue weighted by Gasteiger charge is 2.23. The Morgan fingerprint density at radius 2 is 2.19 bits per heavy atom. The van der Waals surface area contributed by atoms with Crippen molar-refractivity contribution in [2.24, 2.45) is 5.84 Å². The van der Waals surface area contributed by atoms with Gasteiger partial charge in [-0.3, -0.25) is 10.2 Å². The number of nitrogens with two attached hydrogens (primary N) is 1. The molecule has 21 heavy (non-hydrogen) atoms. The van der Waals surface area contributed by atoms with Crippen LogP contribution in [0.3, 0.4) is 0 Å². The van der Waals surface area contributed by atoms with Crippen molar-refractivity contribution in [2.75, 3.05) is 17.3 Å². The molecule has 0 spiro atoms. The maximum Gasteiger partial charge on any atom is 0.257 e. The van der Waals surface area contributed by atoms with Crippen molar-refractivity contribution in [1.82, 2.24) is 30.0 Å². The van der Waals surface area contributed by atoms with Crippen LogP contribution in [0.15, 0.2) is 18.5 Å². The molecule has 0 radical (unpaired) electrons. The van der Waals surface area contributed by atoms with Gasteiger partial charge in [0.1, 0.15) is 6.04 Å². The third kappa shape index (κ3) is 2.89. The molecule has 10 nitrogen and oxygen atoms in total. The number of nitrogens with zero attached hydrogens (tertiary/aromatic N) is 5. The number of nitrogens with one attached hydrogen (secondary N) is 3. The monoisotopic (exact) mass is 289 g/mol. The van der Waals surface area contributed by atoms with Gasteiger partial charge in [-0.1, -0.05) is 0 Å². The van der Waals surface area contributed by atoms with Crippen LogP contribution in [0.4, 0.5) is 11.9 Å². The maximum absolute atomic E-state index is 11.8. The zero-order chi connectivity index (χ0) is 14.7. The van der Waals surface area contributed by atoms with Crippen LogP contribution in [0, 0.1) is 0 Å². The van der Waals surface area contributed by atoms with E-state index in [1.807, 2.05) is 0 Å². The fraction of sp³-hybridized carbons (Fsp3) is 0.364. The molecule has 3 heterocycles. The van der Waals surface area contributed by atoms with Gasteiger partial charge >= 0.3 is 0 Å². The molecular formula is C11H15N9O. The van der Waals surface area contributed by atoms with Gasteiger partial charge in [-0.25, -0.2) is 10.5 Å². The molecule has 1 atom stereocenters. The predicted octanol–water partition coefficient (Wildman–Crippen LogP) is -0.967. The lowest BCUT2D eigenvalue weighted by atomic mass is 10.1. The summed E-state index contributed by atoms with van der Waals surface area (Å²) in [4.78, 5) is 24.2. The lowest BCUT2D eigenvalue weighted by molar-refractivity contribution is -0.123. The normalized spacial score (nSPS) is 18.1. The first-order chi connectivity index (χ1) is 10.3. The molecule has 10 heteroatoms. The van der Waals surface area contributed by atoms with Crippen LogP contribution >= 0.6 is 0 Å². The Morgan fingerprint density at radius 1 is 1.33 bits per heavy atom. The minimum absolute atomic E-state index is 0.0652. The molecule has 1 fully saturated rings. The zero-order valence-corrected chi connectivity index (χ0v) is 11.2. The minimum atomic E-state index is -0.364. The number of rotatable bonds is 4. The second-order valence-electron chi connectivity index (χ2n) is 4.51. The number of nitrogen functional groups attached to an aromatic ring is 1. The molecule has 2 aromatic heterocycles. The molecular weight excluding hydrogens is 274 g/mol. The smallest absolute Gasteiger partial charge is 0.257 e. The van der Waals surface area contributed by atoms with Gasteiger partial charge in [0.15, 0.2) is 0 Å². The standard InChI is InChI=1S/C11H15N9O/c12-19-10-16-9(15-7-3-1-4-13-8(7)21)17-11(18-10)20-6-2-5-14-20/h2,5-7H,1,3-4,12H2,(H,13,21)(H2,15,16,17,18,19). The largest absolute Gasteiger partial charge is 0.354 e. The average Bonchev–Trinajstić information content (AvgIpc) is 3.04. The van der Waals surface area contributed by atoms with E-state index in [1.54, 1.807) is 18.5 Å². The van der Waals surface area contributed by atoms with Gasteiger partial charge in [0.2, 0.25) is 17.8 Å². The predicted molar refractivity (Wildman–Crippen MR) is 74.4 cm³/mol. The molecule has 1 unspecified atom stereocenters. The van der Waals surface area contributed by atoms with E-state index < -0.39 is 0 Å². The van der Waals surface area contributed by atoms with Crippen molar-refractivity contribution in [2.45, 2.75) is 18.9 Å². The molecule has 1 amide bonds. The van der Waals surface area contributed by atoms with Crippen molar-refractivity contribution < 1.29 is 4.79 Å². The van der Waals surface area contributed by atoms with E-state index in [9.17, 15) is 4.79 Å². The Balaban J connectivity index is 1.87. The number of carbonyl (C=O) groups is 1. The highest BCUT2D eigenvalue weighted by Crippen LogP contribution is 2.12. The van der Waals surface area contributed by atoms with E-state index in [0.717, 1.165) is 12.8 Å². The summed E-state index contributed by atoms with van der Waals surface area (Å²) in [6, 6.07) is 1.39. The molecule has 0 saturated carbocycles. The summed E-state index contributed by atoms with van der Waals surface area (Å²) in [6.45, 7) is 0.697. The van der Waals surface area contributed by atoms with Crippen LogP contribution in [0.2, 0.25) is 0 Å². The molecule has 1 saturated heterocycles. The van der Waals surface area contributed by atoms with E-state index in [2.05, 4.69) is 36.1 Å². The quantitative estimate of drug-likeness (QED) is 0.417. The lowest BCUT2D eigenvalue weighted by Gasteiger charge is -2.22. The zero-order valence-electron chi connectivity index (χ0n) is 11.2. The third-order valence-electron chi connectivity index (χ3n) is 3.05. The molecule has 0 bridgehead atoms. The van der Waals surface area contributed by atoms with Crippen LogP contribution in [0.25, 0.3) is 5.95 Å². The number of piperidine rings is 1. The van der Waals surface area contributed by atoms with E-state index in [4.69, 9.17) is 5.84 Å². The molecule has 2 aromatic rings. The van der Waals surface area contributed by atoms with Crippen LogP contribution < -0.4 is 21.9 Å². The second-order valence-corrected chi connectivity index (χ2v) is 4.51. The van der Waals surface area contributed by atoms with Crippen molar-refractivity contribution >= 4 is 17.8 Å². The number of amides is 1. The first-order valence-electron chi connectivity index (χ1n) is 6.53. The van der Waals surface area contributed by atoms with E-state index in [-0.39, 0.29) is 23.8 Å². The molecule has 3 rings (SSSR count). The Morgan fingerprint density at radius 3 is 2.90 bits per heavy atom. The Hall–Kier alpha value is -2.75. The first kappa shape index (κ1) is 13.2. The number of aromatic nitrogens is 5. The SMILES string of the molecule is NNc1nc(NC2CCCNC2=O)nc(-n2cccn2)n1. The van der Waals surface area contributed by atoms with Gasteiger partial charge in [-0.2, -0.15) is 20.1 Å². The highest BCUT2D eigenvalue weighted by atomic mass is 16.2. The van der Waals surface area contributed by atoms with Crippen LogP contribution in [-0.4, -0.2) is 43.2 Å². The summed E-state index contributed by atoms with van der Waals surface area (Å²) in [5, 5.41) is 9.84. The Kier molecular flexibility index (Phi) is 3.60. The summed E-state index contributed by atoms with van der Waals surface area (Å²) in [5.74, 6) is 6.06. The van der Waals surface area contributed by atoms with Gasteiger partial charge < -0.3 is 10.6 Å². The number of anilines is 2. The van der Waals surface area contributed by atoms with Gasteiger partial charge in [-0.05, 0) is 18.9 Å². The topological polar surface area (TPSA) is 136 Å². The third-order valence-corrected chi connectivity index (χ3v) is 3.05. The maximum atomic E-state index is 11.8. The summed E-state index contributed by atoms with van der Waals surface area (Å²) in [6.07, 6.45) is 4.94. The molecule has 5 N–H and O–H groups in total. The van der Waals surface area contributed by atoms with Gasteiger partial charge in [0, 0.05) is 18.9 Å². The summed E-state index contributed by atoms with van der Waals surface area (Å²) in [5.41, 5.74) is 2.37. The molecule has 0 aromatic carbocycles. The van der Waals surface area contributed by atoms with Crippen molar-refractivity contribution in [3.63, 3.8) is 0 Å². The molecule has 0 aliphatic carbocycles. The van der Waals surface area contributed by atoms with Gasteiger partial charge in [0.05, 0.1) is 0 Å². The number of hydrazine groups is 1. The van der Waals surface area contributed by atoms with Gasteiger partial charge in [0.25, 0.3) is 5.95 Å². The van der Waals surface area contributed by atoms with Crippen LogP contribution in [0.1, 0.15) is 12.8 Å². The van der Waals surface area contributed by atoms with E-state index >= 15 is 0 Å². The lowest BCUT2D eigenvalue weighted by Crippen LogP contribution is -2.44. The number of carbonyl (C=O) groups excluding carboxylic acids is 1. The molecule has 110 valence electrons. The van der Waals surface area contributed by atoms with Crippen molar-refractivity contribution in [3.8, 4) is 5.95 Å². The van der Waals surface area contributed by atoms with Crippen LogP contribution in [0.5, 0.6) is 0 Å². The summed E-state index contributed by atoms with van der Waals surface area (Å²) < 4.78 is 1.48. The number of hydrogen-bond acceptors (Lipinski definition) is 8. The van der Waals surface area contributed by atoms with E-state index in [1.165, 1.54) is 4.68 Å². The summed E-state index contributed by atoms with van der Waals surface area (Å²) >= 11 is 0. The van der Waals surface area contributed by atoms with Crippen molar-refractivity contribution in [3.05, 3.63) is 18.5 Å². The van der Waals surface area contributed by atoms with E-state index in [0.29, 0.717) is 12.5 Å². The second kappa shape index (κ2) is 5.71. The Labute approximate surface area is 120 Å².